The first-order chi connectivity index (χ1) is 25.8. The summed E-state index contributed by atoms with van der Waals surface area (Å²) in [7, 11) is 0. The molecular weight excluding hydrogens is 710 g/mol. The first-order valence-electron chi connectivity index (χ1n) is 20.3. The number of amides is 1. The third-order valence-electron chi connectivity index (χ3n) is 11.7. The Bertz CT molecular complexity index is 1370. The minimum absolute atomic E-state index is 0.00168. The summed E-state index contributed by atoms with van der Waals surface area (Å²) in [6, 6.07) is 0. The molecule has 55 heavy (non-hydrogen) atoms. The van der Waals surface area contributed by atoms with Gasteiger partial charge in [0.25, 0.3) is 0 Å². The minimum Gasteiger partial charge on any atom is -0.462 e. The molecule has 1 unspecified atom stereocenters. The van der Waals surface area contributed by atoms with Crippen molar-refractivity contribution in [2.24, 2.45) is 35.3 Å². The fourth-order valence-electron chi connectivity index (χ4n) is 8.30. The molecule has 6 N–H and O–H groups in total. The molecule has 13 nitrogen and oxygen atoms in total. The van der Waals surface area contributed by atoms with Crippen LogP contribution in [0.25, 0.3) is 0 Å². The highest BCUT2D eigenvalue weighted by atomic mass is 16.7. The van der Waals surface area contributed by atoms with Crippen molar-refractivity contribution in [1.82, 2.24) is 0 Å². The lowest BCUT2D eigenvalue weighted by Crippen LogP contribution is -2.50. The van der Waals surface area contributed by atoms with Crippen LogP contribution in [0.15, 0.2) is 35.5 Å². The van der Waals surface area contributed by atoms with Crippen LogP contribution in [0.3, 0.4) is 0 Å². The van der Waals surface area contributed by atoms with Gasteiger partial charge >= 0.3 is 12.1 Å². The number of allylic oxidation sites excluding steroid dienone is 1. The van der Waals surface area contributed by atoms with Gasteiger partial charge in [-0.25, -0.2) is 4.79 Å². The fraction of sp³-hybridized carbons (Fsp3) is 0.786. The number of nitrogens with two attached hydrogens (primary N) is 1. The molecule has 0 aromatic carbocycles. The van der Waals surface area contributed by atoms with Gasteiger partial charge in [-0.1, -0.05) is 65.8 Å². The first-order valence-corrected chi connectivity index (χ1v) is 20.3. The summed E-state index contributed by atoms with van der Waals surface area (Å²) in [5, 5.41) is 45.1. The number of hydrogen-bond donors (Lipinski definition) is 5. The van der Waals surface area contributed by atoms with E-state index in [1.165, 1.54) is 0 Å². The van der Waals surface area contributed by atoms with Crippen molar-refractivity contribution >= 4 is 17.8 Å². The van der Waals surface area contributed by atoms with E-state index in [-0.39, 0.29) is 30.5 Å². The number of Topliss-reactive ketones (excluding diaryl/α,β-unsaturated/α-hetero) is 1. The van der Waals surface area contributed by atoms with Gasteiger partial charge < -0.3 is 49.8 Å². The average Bonchev–Trinajstić information content (AvgIpc) is 3.12. The highest BCUT2D eigenvalue weighted by Gasteiger charge is 2.42. The van der Waals surface area contributed by atoms with E-state index in [9.17, 15) is 34.8 Å². The molecule has 3 aliphatic heterocycles. The molecule has 0 aromatic heterocycles. The van der Waals surface area contributed by atoms with Crippen molar-refractivity contribution < 1.29 is 58.5 Å². The van der Waals surface area contributed by atoms with Crippen LogP contribution in [-0.2, 0) is 33.3 Å². The largest absolute Gasteiger partial charge is 0.462 e. The summed E-state index contributed by atoms with van der Waals surface area (Å²) >= 11 is 0. The summed E-state index contributed by atoms with van der Waals surface area (Å²) in [5.41, 5.74) is 7.06. The number of carbonyl (C=O) groups is 3. The van der Waals surface area contributed by atoms with Crippen LogP contribution in [0.5, 0.6) is 0 Å². The van der Waals surface area contributed by atoms with Gasteiger partial charge in [-0.3, -0.25) is 9.59 Å². The second-order valence-electron chi connectivity index (χ2n) is 16.4. The lowest BCUT2D eigenvalue weighted by molar-refractivity contribution is -0.254. The molecule has 0 aliphatic carbocycles. The Morgan fingerprint density at radius 1 is 1.05 bits per heavy atom. The standard InChI is InChI=1S/C42H69NO12/c1-10-31(32(44)11-2)37(47)26(6)20-27(7)40-28(8)36(46)23(3)16-17-30(52-35-21-33(53-41(43)49)38(48)29(9)51-35)15-13-12-14-24(4)39-25(5)18-19-42(50,55-39)22-34(45)54-40/h14,16-18,23,26-31,33,35-40,46-48,50H,10-13,15,19-22H2,1-9H3,(H2,43,49)/b17-16-,24-14-/t23-,26+,27+,28+,29+,30+,31+,33+,35-,36?,37-,38+,39+,40+,42+/m0/s1. The number of esters is 1. The van der Waals surface area contributed by atoms with Crippen molar-refractivity contribution in [3.05, 3.63) is 35.5 Å². The maximum Gasteiger partial charge on any atom is 0.404 e. The number of aliphatic hydroxyl groups excluding tert-OH is 3. The topological polar surface area (TPSA) is 204 Å². The smallest absolute Gasteiger partial charge is 0.404 e. The summed E-state index contributed by atoms with van der Waals surface area (Å²) in [5.74, 6) is -4.64. The summed E-state index contributed by atoms with van der Waals surface area (Å²) < 4.78 is 29.8. The number of cyclic esters (lactones) is 1. The number of primary amides is 1. The molecule has 15 atom stereocenters. The van der Waals surface area contributed by atoms with Crippen LogP contribution in [-0.4, -0.2) is 99.2 Å². The van der Waals surface area contributed by atoms with Crippen LogP contribution in [0.2, 0.25) is 0 Å². The van der Waals surface area contributed by atoms with Gasteiger partial charge in [0, 0.05) is 37.0 Å². The molecule has 1 amide bonds. The van der Waals surface area contributed by atoms with Gasteiger partial charge in [-0.2, -0.15) is 0 Å². The fourth-order valence-corrected chi connectivity index (χ4v) is 8.30. The Balaban J connectivity index is 1.95. The maximum atomic E-state index is 13.7. The van der Waals surface area contributed by atoms with Crippen molar-refractivity contribution in [2.75, 3.05) is 0 Å². The minimum atomic E-state index is -1.80. The van der Waals surface area contributed by atoms with E-state index in [0.717, 1.165) is 11.1 Å². The third kappa shape index (κ3) is 13.2. The normalized spacial score (nSPS) is 38.0. The molecule has 0 spiro atoms. The van der Waals surface area contributed by atoms with Gasteiger partial charge in [0.2, 0.25) is 0 Å². The maximum absolute atomic E-state index is 13.7. The Morgan fingerprint density at radius 3 is 2.36 bits per heavy atom. The molecule has 0 aromatic rings. The van der Waals surface area contributed by atoms with Crippen molar-refractivity contribution in [3.63, 3.8) is 0 Å². The van der Waals surface area contributed by atoms with E-state index in [2.05, 4.69) is 0 Å². The van der Waals surface area contributed by atoms with Gasteiger partial charge in [0.05, 0.1) is 30.8 Å². The van der Waals surface area contributed by atoms with Gasteiger partial charge in [-0.05, 0) is 75.9 Å². The lowest BCUT2D eigenvalue weighted by atomic mass is 9.77. The van der Waals surface area contributed by atoms with E-state index >= 15 is 0 Å². The molecule has 1 saturated heterocycles. The van der Waals surface area contributed by atoms with Gasteiger partial charge in [0.15, 0.2) is 12.1 Å². The molecule has 1 fully saturated rings. The van der Waals surface area contributed by atoms with E-state index in [1.54, 1.807) is 13.8 Å². The highest BCUT2D eigenvalue weighted by Crippen LogP contribution is 2.36. The number of carbonyl (C=O) groups excluding carboxylic acids is 3. The molecule has 13 heteroatoms. The van der Waals surface area contributed by atoms with Crippen LogP contribution in [0, 0.1) is 29.6 Å². The highest BCUT2D eigenvalue weighted by molar-refractivity contribution is 5.81. The summed E-state index contributed by atoms with van der Waals surface area (Å²) in [6.07, 6.45) is 2.42. The second-order valence-corrected chi connectivity index (χ2v) is 16.4. The second kappa shape index (κ2) is 21.2. The number of aliphatic hydroxyl groups is 4. The number of fused-ring (bicyclic) bond motifs is 2. The predicted octanol–water partition coefficient (Wildman–Crippen LogP) is 5.41. The van der Waals surface area contributed by atoms with Gasteiger partial charge in [0.1, 0.15) is 30.2 Å². The zero-order chi connectivity index (χ0) is 41.2. The Morgan fingerprint density at radius 2 is 1.73 bits per heavy atom. The molecule has 0 saturated carbocycles. The lowest BCUT2D eigenvalue weighted by Gasteiger charge is -2.39. The zero-order valence-electron chi connectivity index (χ0n) is 34.4. The Labute approximate surface area is 327 Å². The SMILES string of the molecule is CCC(=O)[C@@H](CC)[C@@H](O)[C@H](C)C[C@@H](C)[C@H]1OC(=O)C[C@@]2(O)CC=C(C)[C@H](O2)/C(C)=C\CCC[C@@H](O[C@H]2C[C@@H](OC(N)=O)[C@H](O)[C@@H](C)O2)/C=C\[C@H](C)C(O)[C@H]1C. The van der Waals surface area contributed by atoms with Crippen LogP contribution in [0.4, 0.5) is 4.79 Å². The number of hydrogen-bond acceptors (Lipinski definition) is 12. The molecular formula is C42H69NO12. The Kier molecular flexibility index (Phi) is 18.0. The van der Waals surface area contributed by atoms with E-state index in [0.29, 0.717) is 38.5 Å². The molecule has 2 bridgehead atoms. The summed E-state index contributed by atoms with van der Waals surface area (Å²) in [4.78, 5) is 37.8. The van der Waals surface area contributed by atoms with E-state index in [1.807, 2.05) is 72.8 Å². The predicted molar refractivity (Wildman–Crippen MR) is 206 cm³/mol. The average molecular weight is 780 g/mol. The number of ketones is 1. The quantitative estimate of drug-likeness (QED) is 0.132. The van der Waals surface area contributed by atoms with Crippen molar-refractivity contribution in [3.8, 4) is 0 Å². The first kappa shape index (κ1) is 46.7. The third-order valence-corrected chi connectivity index (χ3v) is 11.7. The monoisotopic (exact) mass is 779 g/mol. The van der Waals surface area contributed by atoms with Crippen LogP contribution >= 0.6 is 0 Å². The Hall–Kier alpha value is -2.65. The molecule has 3 heterocycles. The zero-order valence-corrected chi connectivity index (χ0v) is 34.4. The number of ether oxygens (including phenoxy) is 5. The molecule has 0 radical (unpaired) electrons. The molecule has 3 rings (SSSR count). The van der Waals surface area contributed by atoms with Crippen LogP contribution < -0.4 is 5.73 Å². The summed E-state index contributed by atoms with van der Waals surface area (Å²) in [6.45, 7) is 16.6. The molecule has 314 valence electrons. The molecule has 3 aliphatic rings. The number of rotatable bonds is 11. The van der Waals surface area contributed by atoms with Crippen molar-refractivity contribution in [2.45, 2.75) is 181 Å². The van der Waals surface area contributed by atoms with Gasteiger partial charge in [-0.15, -0.1) is 0 Å². The van der Waals surface area contributed by atoms with Crippen molar-refractivity contribution in [1.29, 1.82) is 0 Å². The van der Waals surface area contributed by atoms with Crippen LogP contribution in [0.1, 0.15) is 120 Å². The van der Waals surface area contributed by atoms with E-state index in [4.69, 9.17) is 29.4 Å². The van der Waals surface area contributed by atoms with E-state index < -0.39 is 97.1 Å².